The van der Waals surface area contributed by atoms with Gasteiger partial charge in [0.15, 0.2) is 0 Å². The third-order valence-electron chi connectivity index (χ3n) is 3.23. The lowest BCUT2D eigenvalue weighted by Gasteiger charge is -2.25. The zero-order valence-electron chi connectivity index (χ0n) is 12.1. The van der Waals surface area contributed by atoms with E-state index in [0.717, 1.165) is 17.0 Å². The average molecular weight is 306 g/mol. The molecule has 0 spiro atoms. The summed E-state index contributed by atoms with van der Waals surface area (Å²) < 4.78 is 13.3. The molecule has 0 aliphatic rings. The van der Waals surface area contributed by atoms with Crippen molar-refractivity contribution in [1.82, 2.24) is 9.88 Å². The molecule has 0 aliphatic carbocycles. The smallest absolute Gasteiger partial charge is 0.323 e. The van der Waals surface area contributed by atoms with E-state index in [0.29, 0.717) is 5.39 Å². The average Bonchev–Trinajstić information content (AvgIpc) is 2.42. The minimum Gasteiger partial charge on any atom is -0.480 e. The predicted octanol–water partition coefficient (Wildman–Crippen LogP) is 1.60. The second-order valence-electron chi connectivity index (χ2n) is 5.16. The summed E-state index contributed by atoms with van der Waals surface area (Å²) in [5.41, 5.74) is -0.316. The van der Waals surface area contributed by atoms with E-state index in [1.807, 2.05) is 0 Å². The second kappa shape index (κ2) is 5.97. The van der Waals surface area contributed by atoms with Gasteiger partial charge in [-0.05, 0) is 32.0 Å². The first-order valence-electron chi connectivity index (χ1n) is 6.65. The van der Waals surface area contributed by atoms with Gasteiger partial charge in [-0.2, -0.15) is 0 Å². The molecule has 2 N–H and O–H groups in total. The number of pyridine rings is 1. The molecule has 6 nitrogen and oxygen atoms in total. The van der Waals surface area contributed by atoms with Crippen molar-refractivity contribution in [2.24, 2.45) is 0 Å². The van der Waals surface area contributed by atoms with Gasteiger partial charge in [0.2, 0.25) is 5.56 Å². The number of benzene rings is 1. The lowest BCUT2D eigenvalue weighted by molar-refractivity contribution is -0.138. The number of nitrogens with one attached hydrogen (secondary N) is 1. The number of hydrogen-bond acceptors (Lipinski definition) is 3. The van der Waals surface area contributed by atoms with Gasteiger partial charge in [0.25, 0.3) is 5.91 Å². The van der Waals surface area contributed by atoms with Gasteiger partial charge in [-0.3, -0.25) is 14.4 Å². The molecule has 0 saturated carbocycles. The van der Waals surface area contributed by atoms with Gasteiger partial charge in [0.1, 0.15) is 12.4 Å². The van der Waals surface area contributed by atoms with Crippen LogP contribution in [0.5, 0.6) is 0 Å². The molecule has 7 heteroatoms. The molecule has 1 amide bonds. The first-order chi connectivity index (χ1) is 10.3. The van der Waals surface area contributed by atoms with Crippen molar-refractivity contribution in [3.63, 3.8) is 0 Å². The third kappa shape index (κ3) is 3.13. The zero-order valence-corrected chi connectivity index (χ0v) is 12.1. The van der Waals surface area contributed by atoms with Gasteiger partial charge in [0, 0.05) is 17.5 Å². The van der Waals surface area contributed by atoms with E-state index in [1.165, 1.54) is 12.1 Å². The molecule has 1 aromatic carbocycles. The van der Waals surface area contributed by atoms with E-state index >= 15 is 0 Å². The Balaban J connectivity index is 2.59. The number of fused-ring (bicyclic) bond motifs is 1. The number of H-pyrrole nitrogens is 1. The van der Waals surface area contributed by atoms with Crippen LogP contribution in [0, 0.1) is 5.82 Å². The Morgan fingerprint density at radius 1 is 1.32 bits per heavy atom. The Hall–Kier alpha value is -2.70. The van der Waals surface area contributed by atoms with Crippen LogP contribution in [0.3, 0.4) is 0 Å². The molecule has 0 radical (unpaired) electrons. The van der Waals surface area contributed by atoms with Crippen molar-refractivity contribution < 1.29 is 19.1 Å². The van der Waals surface area contributed by atoms with Crippen molar-refractivity contribution in [1.29, 1.82) is 0 Å². The van der Waals surface area contributed by atoms with Crippen molar-refractivity contribution in [3.8, 4) is 0 Å². The van der Waals surface area contributed by atoms with Crippen molar-refractivity contribution in [3.05, 3.63) is 46.0 Å². The standard InChI is InChI=1S/C15H15FN2O4/c1-8(2)18(7-14(20)21)15(22)11-6-13(19)17-12-5-9(16)3-4-10(11)12/h3-6,8H,7H2,1-2H3,(H,17,19)(H,20,21). The molecule has 1 aromatic heterocycles. The number of carboxylic acids is 1. The fourth-order valence-corrected chi connectivity index (χ4v) is 2.20. The van der Waals surface area contributed by atoms with Crippen LogP contribution in [0.1, 0.15) is 24.2 Å². The second-order valence-corrected chi connectivity index (χ2v) is 5.16. The molecule has 2 aromatic rings. The summed E-state index contributed by atoms with van der Waals surface area (Å²) in [6.07, 6.45) is 0. The Labute approximate surface area is 125 Å². The highest BCUT2D eigenvalue weighted by Crippen LogP contribution is 2.19. The number of hydrogen-bond donors (Lipinski definition) is 2. The number of aromatic amines is 1. The Morgan fingerprint density at radius 3 is 2.59 bits per heavy atom. The maximum absolute atomic E-state index is 13.3. The lowest BCUT2D eigenvalue weighted by Crippen LogP contribution is -2.41. The highest BCUT2D eigenvalue weighted by molar-refractivity contribution is 6.06. The molecular weight excluding hydrogens is 291 g/mol. The van der Waals surface area contributed by atoms with Gasteiger partial charge in [-0.1, -0.05) is 0 Å². The first kappa shape index (κ1) is 15.7. The summed E-state index contributed by atoms with van der Waals surface area (Å²) in [4.78, 5) is 38.8. The van der Waals surface area contributed by atoms with Gasteiger partial charge in [-0.25, -0.2) is 4.39 Å². The number of aliphatic carboxylic acids is 1. The van der Waals surface area contributed by atoms with Crippen LogP contribution in [0.15, 0.2) is 29.1 Å². The quantitative estimate of drug-likeness (QED) is 0.897. The van der Waals surface area contributed by atoms with Gasteiger partial charge >= 0.3 is 5.97 Å². The molecule has 2 rings (SSSR count). The van der Waals surface area contributed by atoms with Crippen molar-refractivity contribution >= 4 is 22.8 Å². The highest BCUT2D eigenvalue weighted by Gasteiger charge is 2.23. The molecule has 22 heavy (non-hydrogen) atoms. The number of halogens is 1. The number of rotatable bonds is 4. The molecule has 116 valence electrons. The van der Waals surface area contributed by atoms with E-state index in [9.17, 15) is 18.8 Å². The van der Waals surface area contributed by atoms with Crippen molar-refractivity contribution in [2.45, 2.75) is 19.9 Å². The number of carboxylic acid groups (broad SMARTS) is 1. The lowest BCUT2D eigenvalue weighted by atomic mass is 10.1. The van der Waals surface area contributed by atoms with E-state index in [-0.39, 0.29) is 17.1 Å². The Morgan fingerprint density at radius 2 is 2.00 bits per heavy atom. The normalized spacial score (nSPS) is 10.9. The summed E-state index contributed by atoms with van der Waals surface area (Å²) in [6, 6.07) is 4.41. The monoisotopic (exact) mass is 306 g/mol. The summed E-state index contributed by atoms with van der Waals surface area (Å²) in [5, 5.41) is 9.28. The van der Waals surface area contributed by atoms with Crippen LogP contribution in [0.25, 0.3) is 10.9 Å². The molecule has 0 aliphatic heterocycles. The maximum atomic E-state index is 13.3. The minimum absolute atomic E-state index is 0.0497. The van der Waals surface area contributed by atoms with Crippen LogP contribution in [0.4, 0.5) is 4.39 Å². The van der Waals surface area contributed by atoms with Crippen LogP contribution >= 0.6 is 0 Å². The van der Waals surface area contributed by atoms with E-state index in [4.69, 9.17) is 5.11 Å². The van der Waals surface area contributed by atoms with Crippen LogP contribution in [0.2, 0.25) is 0 Å². The highest BCUT2D eigenvalue weighted by atomic mass is 19.1. The Bertz CT molecular complexity index is 798. The SMILES string of the molecule is CC(C)N(CC(=O)O)C(=O)c1cc(=O)[nH]c2cc(F)ccc12. The maximum Gasteiger partial charge on any atom is 0.323 e. The third-order valence-corrected chi connectivity index (χ3v) is 3.23. The Kier molecular flexibility index (Phi) is 4.25. The van der Waals surface area contributed by atoms with E-state index in [1.54, 1.807) is 13.8 Å². The first-order valence-corrected chi connectivity index (χ1v) is 6.65. The zero-order chi connectivity index (χ0) is 16.4. The van der Waals surface area contributed by atoms with E-state index in [2.05, 4.69) is 4.98 Å². The molecule has 0 atom stereocenters. The largest absolute Gasteiger partial charge is 0.480 e. The predicted molar refractivity (Wildman–Crippen MR) is 78.3 cm³/mol. The minimum atomic E-state index is -1.15. The summed E-state index contributed by atoms with van der Waals surface area (Å²) >= 11 is 0. The fraction of sp³-hybridized carbons (Fsp3) is 0.267. The molecular formula is C15H15FN2O4. The summed E-state index contributed by atoms with van der Waals surface area (Å²) in [6.45, 7) is 2.87. The molecule has 0 unspecified atom stereocenters. The van der Waals surface area contributed by atoms with Crippen LogP contribution in [-0.2, 0) is 4.79 Å². The molecule has 0 fully saturated rings. The fourth-order valence-electron chi connectivity index (χ4n) is 2.20. The molecule has 0 saturated heterocycles. The topological polar surface area (TPSA) is 90.5 Å². The molecule has 0 bridgehead atoms. The van der Waals surface area contributed by atoms with Crippen LogP contribution in [-0.4, -0.2) is 39.5 Å². The number of carbonyl (C=O) groups is 2. The number of nitrogens with zero attached hydrogens (tertiary/aromatic N) is 1. The van der Waals surface area contributed by atoms with Crippen molar-refractivity contribution in [2.75, 3.05) is 6.54 Å². The number of carbonyl (C=O) groups excluding carboxylic acids is 1. The summed E-state index contributed by atoms with van der Waals surface area (Å²) in [5.74, 6) is -2.28. The van der Waals surface area contributed by atoms with Gasteiger partial charge in [0.05, 0.1) is 11.1 Å². The van der Waals surface area contributed by atoms with Gasteiger partial charge < -0.3 is 15.0 Å². The number of amides is 1. The number of aromatic nitrogens is 1. The molecule has 1 heterocycles. The van der Waals surface area contributed by atoms with Gasteiger partial charge in [-0.15, -0.1) is 0 Å². The summed E-state index contributed by atoms with van der Waals surface area (Å²) in [7, 11) is 0. The van der Waals surface area contributed by atoms with E-state index < -0.39 is 29.8 Å². The van der Waals surface area contributed by atoms with Crippen LogP contribution < -0.4 is 5.56 Å².